The summed E-state index contributed by atoms with van der Waals surface area (Å²) in [7, 11) is -4.63. The summed E-state index contributed by atoms with van der Waals surface area (Å²) in [6.07, 6.45) is 1.39. The Bertz CT molecular complexity index is 1070. The summed E-state index contributed by atoms with van der Waals surface area (Å²) in [5.74, 6) is 1.10. The van der Waals surface area contributed by atoms with Crippen LogP contribution >= 0.6 is 0 Å². The van der Waals surface area contributed by atoms with Gasteiger partial charge in [-0.05, 0) is 54.8 Å². The number of hydrogen-bond donors (Lipinski definition) is 1. The molecule has 1 saturated heterocycles. The van der Waals surface area contributed by atoms with Gasteiger partial charge < -0.3 is 9.47 Å². The summed E-state index contributed by atoms with van der Waals surface area (Å²) in [6.45, 7) is 0.373. The van der Waals surface area contributed by atoms with Crippen molar-refractivity contribution >= 4 is 20.0 Å². The number of benzene rings is 2. The molecule has 0 spiro atoms. The quantitative estimate of drug-likeness (QED) is 0.754. The number of sulfonamides is 2. The number of primary sulfonamides is 1. The number of hydrogen-bond acceptors (Lipinski definition) is 6. The third-order valence-electron chi connectivity index (χ3n) is 4.75. The first-order valence-electron chi connectivity index (χ1n) is 8.55. The topological polar surface area (TPSA) is 116 Å². The lowest BCUT2D eigenvalue weighted by molar-refractivity contribution is 0.351. The van der Waals surface area contributed by atoms with Gasteiger partial charge in [-0.15, -0.1) is 0 Å². The zero-order chi connectivity index (χ0) is 20.5. The van der Waals surface area contributed by atoms with Crippen molar-refractivity contribution in [2.45, 2.75) is 28.7 Å². The van der Waals surface area contributed by atoms with Gasteiger partial charge in [-0.3, -0.25) is 0 Å². The van der Waals surface area contributed by atoms with Crippen molar-refractivity contribution in [2.75, 3.05) is 20.8 Å². The molecule has 2 N–H and O–H groups in total. The van der Waals surface area contributed by atoms with E-state index >= 15 is 0 Å². The summed E-state index contributed by atoms with van der Waals surface area (Å²) in [5.41, 5.74) is 0.805. The van der Waals surface area contributed by atoms with Crippen LogP contribution in [0, 0.1) is 0 Å². The maximum Gasteiger partial charge on any atom is 0.243 e. The second-order valence-corrected chi connectivity index (χ2v) is 9.86. The first-order valence-corrected chi connectivity index (χ1v) is 11.5. The molecule has 0 radical (unpaired) electrons. The van der Waals surface area contributed by atoms with E-state index in [1.54, 1.807) is 12.1 Å². The lowest BCUT2D eigenvalue weighted by atomic mass is 10.0. The van der Waals surface area contributed by atoms with E-state index in [-0.39, 0.29) is 15.8 Å². The molecule has 0 aliphatic carbocycles. The number of ether oxygens (including phenoxy) is 2. The normalized spacial score (nSPS) is 18.2. The predicted molar refractivity (Wildman–Crippen MR) is 103 cm³/mol. The van der Waals surface area contributed by atoms with Crippen molar-refractivity contribution in [3.8, 4) is 11.5 Å². The molecule has 0 bridgehead atoms. The Hall–Kier alpha value is -2.14. The third kappa shape index (κ3) is 3.86. The minimum Gasteiger partial charge on any atom is -0.493 e. The monoisotopic (exact) mass is 426 g/mol. The van der Waals surface area contributed by atoms with E-state index in [4.69, 9.17) is 14.6 Å². The average molecular weight is 427 g/mol. The van der Waals surface area contributed by atoms with E-state index in [0.717, 1.165) is 5.56 Å². The second-order valence-electron chi connectivity index (χ2n) is 6.40. The predicted octanol–water partition coefficient (Wildman–Crippen LogP) is 1.88. The van der Waals surface area contributed by atoms with Gasteiger partial charge in [0.1, 0.15) is 0 Å². The first kappa shape index (κ1) is 20.6. The zero-order valence-electron chi connectivity index (χ0n) is 15.5. The summed E-state index contributed by atoms with van der Waals surface area (Å²) in [4.78, 5) is -0.114. The van der Waals surface area contributed by atoms with Crippen molar-refractivity contribution in [2.24, 2.45) is 5.14 Å². The molecule has 1 heterocycles. The molecule has 8 nitrogen and oxygen atoms in total. The van der Waals surface area contributed by atoms with Gasteiger partial charge in [-0.1, -0.05) is 6.07 Å². The highest BCUT2D eigenvalue weighted by atomic mass is 32.2. The van der Waals surface area contributed by atoms with Crippen LogP contribution in [0.3, 0.4) is 0 Å². The molecule has 3 rings (SSSR count). The van der Waals surface area contributed by atoms with Crippen LogP contribution in [0.15, 0.2) is 52.3 Å². The van der Waals surface area contributed by atoms with Gasteiger partial charge in [0, 0.05) is 6.54 Å². The molecule has 0 amide bonds. The molecular weight excluding hydrogens is 404 g/mol. The highest BCUT2D eigenvalue weighted by Crippen LogP contribution is 2.39. The van der Waals surface area contributed by atoms with Crippen LogP contribution in [-0.2, 0) is 20.0 Å². The largest absolute Gasteiger partial charge is 0.493 e. The van der Waals surface area contributed by atoms with Crippen molar-refractivity contribution in [1.29, 1.82) is 0 Å². The number of rotatable bonds is 6. The van der Waals surface area contributed by atoms with Crippen molar-refractivity contribution in [3.63, 3.8) is 0 Å². The molecule has 1 aliphatic rings. The van der Waals surface area contributed by atoms with Gasteiger partial charge >= 0.3 is 0 Å². The van der Waals surface area contributed by atoms with Gasteiger partial charge in [-0.25, -0.2) is 22.0 Å². The molecule has 1 atom stereocenters. The highest BCUT2D eigenvalue weighted by Gasteiger charge is 2.36. The molecule has 152 valence electrons. The smallest absolute Gasteiger partial charge is 0.243 e. The van der Waals surface area contributed by atoms with Crippen molar-refractivity contribution in [3.05, 3.63) is 48.0 Å². The fraction of sp³-hybridized carbons (Fsp3) is 0.333. The van der Waals surface area contributed by atoms with Gasteiger partial charge in [0.05, 0.1) is 30.1 Å². The minimum absolute atomic E-state index is 0.0206. The van der Waals surface area contributed by atoms with Crippen LogP contribution in [0.5, 0.6) is 11.5 Å². The van der Waals surface area contributed by atoms with E-state index in [2.05, 4.69) is 0 Å². The van der Waals surface area contributed by atoms with E-state index in [9.17, 15) is 16.8 Å². The number of nitrogens with zero attached hydrogens (tertiary/aromatic N) is 1. The second kappa shape index (κ2) is 7.70. The van der Waals surface area contributed by atoms with Crippen LogP contribution in [-0.4, -0.2) is 41.9 Å². The molecule has 28 heavy (non-hydrogen) atoms. The summed E-state index contributed by atoms with van der Waals surface area (Å²) >= 11 is 0. The molecule has 10 heteroatoms. The van der Waals surface area contributed by atoms with E-state index in [0.29, 0.717) is 30.9 Å². The van der Waals surface area contributed by atoms with Crippen molar-refractivity contribution in [1.82, 2.24) is 4.31 Å². The standard InChI is InChI=1S/C18H22N2O6S2/c1-25-17-10-5-13(12-18(17)26-2)16-4-3-11-20(16)28(23,24)15-8-6-14(7-9-15)27(19,21)22/h5-10,12,16H,3-4,11H2,1-2H3,(H2,19,21,22). The maximum atomic E-state index is 13.1. The van der Waals surface area contributed by atoms with Crippen LogP contribution in [0.1, 0.15) is 24.4 Å². The Morgan fingerprint density at radius 2 is 1.54 bits per heavy atom. The van der Waals surface area contributed by atoms with Crippen LogP contribution in [0.4, 0.5) is 0 Å². The van der Waals surface area contributed by atoms with Gasteiger partial charge in [-0.2, -0.15) is 4.31 Å². The Morgan fingerprint density at radius 1 is 0.929 bits per heavy atom. The average Bonchev–Trinajstić information content (AvgIpc) is 3.17. The summed E-state index contributed by atoms with van der Waals surface area (Å²) in [6, 6.07) is 9.93. The fourth-order valence-corrected chi connectivity index (χ4v) is 5.56. The Morgan fingerprint density at radius 3 is 2.11 bits per heavy atom. The molecule has 2 aromatic rings. The Kier molecular flexibility index (Phi) is 5.67. The summed E-state index contributed by atoms with van der Waals surface area (Å²) < 4.78 is 61.1. The molecule has 1 aliphatic heterocycles. The first-order chi connectivity index (χ1) is 13.2. The number of nitrogens with two attached hydrogens (primary N) is 1. The zero-order valence-corrected chi connectivity index (χ0v) is 17.2. The lowest BCUT2D eigenvalue weighted by Crippen LogP contribution is -2.30. The summed E-state index contributed by atoms with van der Waals surface area (Å²) in [5, 5.41) is 5.08. The molecule has 1 fully saturated rings. The van der Waals surface area contributed by atoms with Crippen LogP contribution in [0.2, 0.25) is 0 Å². The van der Waals surface area contributed by atoms with E-state index < -0.39 is 20.0 Å². The molecule has 2 aromatic carbocycles. The minimum atomic E-state index is -3.89. The lowest BCUT2D eigenvalue weighted by Gasteiger charge is -2.25. The Labute approximate surface area is 165 Å². The Balaban J connectivity index is 1.95. The van der Waals surface area contributed by atoms with E-state index in [1.807, 2.05) is 6.07 Å². The maximum absolute atomic E-state index is 13.1. The van der Waals surface area contributed by atoms with Crippen LogP contribution < -0.4 is 14.6 Å². The van der Waals surface area contributed by atoms with Gasteiger partial charge in [0.2, 0.25) is 20.0 Å². The molecule has 1 unspecified atom stereocenters. The van der Waals surface area contributed by atoms with Crippen LogP contribution in [0.25, 0.3) is 0 Å². The van der Waals surface area contributed by atoms with E-state index in [1.165, 1.54) is 42.8 Å². The molecular formula is C18H22N2O6S2. The van der Waals surface area contributed by atoms with Gasteiger partial charge in [0.15, 0.2) is 11.5 Å². The number of methoxy groups -OCH3 is 2. The third-order valence-corrected chi connectivity index (χ3v) is 7.61. The highest BCUT2D eigenvalue weighted by molar-refractivity contribution is 7.89. The van der Waals surface area contributed by atoms with Crippen molar-refractivity contribution < 1.29 is 26.3 Å². The fourth-order valence-electron chi connectivity index (χ4n) is 3.36. The molecule has 0 aromatic heterocycles. The molecule has 0 saturated carbocycles. The van der Waals surface area contributed by atoms with Gasteiger partial charge in [0.25, 0.3) is 0 Å². The SMILES string of the molecule is COc1ccc(C2CCCN2S(=O)(=O)c2ccc(S(N)(=O)=O)cc2)cc1OC.